The first-order valence-electron chi connectivity index (χ1n) is 10.4. The SMILES string of the molecule is Cc1ccc2nc3n(c2c1-c1cc(CC2CCCCC2)cc[n+]1C)C=CC3. The summed E-state index contributed by atoms with van der Waals surface area (Å²) in [5.41, 5.74) is 7.77. The first-order chi connectivity index (χ1) is 13.2. The minimum Gasteiger partial charge on any atom is -0.302 e. The number of hydrogen-bond acceptors (Lipinski definition) is 1. The Labute approximate surface area is 161 Å². The highest BCUT2D eigenvalue weighted by Gasteiger charge is 2.23. The van der Waals surface area contributed by atoms with E-state index >= 15 is 0 Å². The maximum atomic E-state index is 4.86. The number of rotatable bonds is 3. The van der Waals surface area contributed by atoms with Gasteiger partial charge in [0.05, 0.1) is 16.6 Å². The Hall–Kier alpha value is -2.42. The van der Waals surface area contributed by atoms with Gasteiger partial charge in [-0.3, -0.25) is 0 Å². The highest BCUT2D eigenvalue weighted by atomic mass is 15.1. The van der Waals surface area contributed by atoms with E-state index in [0.717, 1.165) is 23.7 Å². The summed E-state index contributed by atoms with van der Waals surface area (Å²) in [5, 5.41) is 0. The van der Waals surface area contributed by atoms with Gasteiger partial charge in [-0.25, -0.2) is 9.55 Å². The summed E-state index contributed by atoms with van der Waals surface area (Å²) in [6, 6.07) is 9.13. The van der Waals surface area contributed by atoms with Gasteiger partial charge in [-0.15, -0.1) is 0 Å². The number of imidazole rings is 1. The van der Waals surface area contributed by atoms with Crippen LogP contribution in [0, 0.1) is 12.8 Å². The summed E-state index contributed by atoms with van der Waals surface area (Å²) in [5.74, 6) is 2.01. The molecule has 1 aromatic carbocycles. The molecule has 138 valence electrons. The highest BCUT2D eigenvalue weighted by Crippen LogP contribution is 2.34. The summed E-state index contributed by atoms with van der Waals surface area (Å²) in [4.78, 5) is 4.86. The van der Waals surface area contributed by atoms with E-state index in [1.807, 2.05) is 0 Å². The smallest absolute Gasteiger partial charge is 0.215 e. The predicted octanol–water partition coefficient (Wildman–Crippen LogP) is 4.99. The van der Waals surface area contributed by atoms with Crippen LogP contribution in [0.2, 0.25) is 0 Å². The Bertz CT molecular complexity index is 1040. The second-order valence-electron chi connectivity index (χ2n) is 8.35. The predicted molar refractivity (Wildman–Crippen MR) is 110 cm³/mol. The molecule has 0 N–H and O–H groups in total. The fourth-order valence-electron chi connectivity index (χ4n) is 4.94. The van der Waals surface area contributed by atoms with Crippen molar-refractivity contribution in [2.45, 2.75) is 51.9 Å². The zero-order chi connectivity index (χ0) is 18.4. The molecule has 5 rings (SSSR count). The summed E-state index contributed by atoms with van der Waals surface area (Å²) in [6.07, 6.45) is 15.8. The monoisotopic (exact) mass is 358 g/mol. The van der Waals surface area contributed by atoms with Crippen LogP contribution in [0.25, 0.3) is 28.5 Å². The van der Waals surface area contributed by atoms with Crippen molar-refractivity contribution in [1.82, 2.24) is 9.55 Å². The quantitative estimate of drug-likeness (QED) is 0.605. The van der Waals surface area contributed by atoms with Gasteiger partial charge in [-0.2, -0.15) is 0 Å². The van der Waals surface area contributed by atoms with Gasteiger partial charge < -0.3 is 4.57 Å². The number of fused-ring (bicyclic) bond motifs is 3. The van der Waals surface area contributed by atoms with Gasteiger partial charge in [-0.05, 0) is 36.5 Å². The zero-order valence-corrected chi connectivity index (χ0v) is 16.4. The van der Waals surface area contributed by atoms with E-state index in [4.69, 9.17) is 4.98 Å². The minimum atomic E-state index is 0.860. The molecule has 0 radical (unpaired) electrons. The van der Waals surface area contributed by atoms with Gasteiger partial charge in [0.15, 0.2) is 6.20 Å². The summed E-state index contributed by atoms with van der Waals surface area (Å²) < 4.78 is 4.55. The third kappa shape index (κ3) is 2.90. The molecule has 0 spiro atoms. The average molecular weight is 359 g/mol. The first-order valence-corrected chi connectivity index (χ1v) is 10.4. The highest BCUT2D eigenvalue weighted by molar-refractivity contribution is 5.94. The fraction of sp³-hybridized carbons (Fsp3) is 0.417. The van der Waals surface area contributed by atoms with Crippen LogP contribution >= 0.6 is 0 Å². The second-order valence-corrected chi connectivity index (χ2v) is 8.35. The number of nitrogens with zero attached hydrogens (tertiary/aromatic N) is 3. The number of aromatic nitrogens is 3. The van der Waals surface area contributed by atoms with Crippen molar-refractivity contribution in [3.63, 3.8) is 0 Å². The van der Waals surface area contributed by atoms with E-state index in [1.54, 1.807) is 0 Å². The molecule has 1 fully saturated rings. The molecule has 0 saturated heterocycles. The molecule has 0 bridgehead atoms. The molecule has 0 amide bonds. The summed E-state index contributed by atoms with van der Waals surface area (Å²) in [6.45, 7) is 2.22. The fourth-order valence-corrected chi connectivity index (χ4v) is 4.94. The third-order valence-electron chi connectivity index (χ3n) is 6.41. The topological polar surface area (TPSA) is 21.7 Å². The van der Waals surface area contributed by atoms with Crippen molar-refractivity contribution in [3.05, 3.63) is 53.5 Å². The van der Waals surface area contributed by atoms with E-state index in [0.29, 0.717) is 0 Å². The first kappa shape index (κ1) is 16.7. The summed E-state index contributed by atoms with van der Waals surface area (Å²) >= 11 is 0. The maximum absolute atomic E-state index is 4.86. The van der Waals surface area contributed by atoms with Crippen LogP contribution in [0.4, 0.5) is 0 Å². The molecule has 1 aliphatic heterocycles. The van der Waals surface area contributed by atoms with Crippen molar-refractivity contribution in [3.8, 4) is 11.3 Å². The van der Waals surface area contributed by atoms with E-state index in [9.17, 15) is 0 Å². The Morgan fingerprint density at radius 1 is 1.15 bits per heavy atom. The second kappa shape index (κ2) is 6.63. The molecular weight excluding hydrogens is 330 g/mol. The Balaban J connectivity index is 1.63. The molecule has 27 heavy (non-hydrogen) atoms. The molecule has 3 nitrogen and oxygen atoms in total. The van der Waals surface area contributed by atoms with Crippen LogP contribution < -0.4 is 4.57 Å². The van der Waals surface area contributed by atoms with Gasteiger partial charge in [0.2, 0.25) is 5.69 Å². The van der Waals surface area contributed by atoms with Gasteiger partial charge >= 0.3 is 0 Å². The molecule has 2 aromatic heterocycles. The number of pyridine rings is 1. The van der Waals surface area contributed by atoms with E-state index in [-0.39, 0.29) is 0 Å². The third-order valence-corrected chi connectivity index (χ3v) is 6.41. The van der Waals surface area contributed by atoms with Crippen LogP contribution in [-0.2, 0) is 19.9 Å². The lowest BCUT2D eigenvalue weighted by atomic mass is 9.85. The zero-order valence-electron chi connectivity index (χ0n) is 16.4. The van der Waals surface area contributed by atoms with E-state index in [1.165, 1.54) is 66.4 Å². The Morgan fingerprint density at radius 3 is 2.85 bits per heavy atom. The molecule has 1 aliphatic carbocycles. The standard InChI is InChI=1S/C24H28N3/c1-17-10-11-20-24(27-13-6-9-22(27)25-20)23(17)21-16-19(12-14-26(21)2)15-18-7-4-3-5-8-18/h6,10-14,16,18H,3-5,7-9,15H2,1-2H3/q+1. The lowest BCUT2D eigenvalue weighted by Crippen LogP contribution is -2.31. The van der Waals surface area contributed by atoms with Crippen LogP contribution in [0.5, 0.6) is 0 Å². The van der Waals surface area contributed by atoms with Crippen LogP contribution in [-0.4, -0.2) is 9.55 Å². The molecular formula is C24H28N3+. The Kier molecular flexibility index (Phi) is 4.11. The molecule has 2 aliphatic rings. The lowest BCUT2D eigenvalue weighted by molar-refractivity contribution is -0.660. The van der Waals surface area contributed by atoms with Gasteiger partial charge in [0, 0.05) is 24.8 Å². The van der Waals surface area contributed by atoms with E-state index < -0.39 is 0 Å². The van der Waals surface area contributed by atoms with Gasteiger partial charge in [0.1, 0.15) is 12.9 Å². The molecule has 3 heteroatoms. The molecule has 1 saturated carbocycles. The van der Waals surface area contributed by atoms with Crippen LogP contribution in [0.15, 0.2) is 36.5 Å². The molecule has 0 unspecified atom stereocenters. The van der Waals surface area contributed by atoms with E-state index in [2.05, 4.69) is 65.8 Å². The molecule has 3 heterocycles. The van der Waals surface area contributed by atoms with Crippen molar-refractivity contribution in [1.29, 1.82) is 0 Å². The largest absolute Gasteiger partial charge is 0.302 e. The number of benzene rings is 1. The van der Waals surface area contributed by atoms with Crippen molar-refractivity contribution in [2.75, 3.05) is 0 Å². The average Bonchev–Trinajstić information content (AvgIpc) is 3.26. The molecule has 3 aromatic rings. The minimum absolute atomic E-state index is 0.860. The number of aryl methyl sites for hydroxylation is 2. The Morgan fingerprint density at radius 2 is 2.00 bits per heavy atom. The molecule has 0 atom stereocenters. The van der Waals surface area contributed by atoms with Gasteiger partial charge in [0.25, 0.3) is 0 Å². The number of allylic oxidation sites excluding steroid dienone is 1. The summed E-state index contributed by atoms with van der Waals surface area (Å²) in [7, 11) is 2.16. The van der Waals surface area contributed by atoms with Crippen LogP contribution in [0.3, 0.4) is 0 Å². The van der Waals surface area contributed by atoms with Crippen molar-refractivity contribution < 1.29 is 4.57 Å². The van der Waals surface area contributed by atoms with Crippen molar-refractivity contribution in [2.24, 2.45) is 13.0 Å². The lowest BCUT2D eigenvalue weighted by Gasteiger charge is -2.21. The van der Waals surface area contributed by atoms with Gasteiger partial charge in [-0.1, -0.05) is 44.2 Å². The number of hydrogen-bond donors (Lipinski definition) is 0. The maximum Gasteiger partial charge on any atom is 0.215 e. The van der Waals surface area contributed by atoms with Crippen molar-refractivity contribution >= 4 is 17.2 Å². The normalized spacial score (nSPS) is 17.0. The van der Waals surface area contributed by atoms with Crippen LogP contribution in [0.1, 0.15) is 49.1 Å².